The predicted octanol–water partition coefficient (Wildman–Crippen LogP) is 4.68. The van der Waals surface area contributed by atoms with Crippen LogP contribution in [-0.4, -0.2) is 14.4 Å². The van der Waals surface area contributed by atoms with E-state index in [2.05, 4.69) is 65.0 Å². The first-order valence-electron chi connectivity index (χ1n) is 7.70. The Kier molecular flexibility index (Phi) is 3.19. The molecule has 0 bridgehead atoms. The highest BCUT2D eigenvalue weighted by atomic mass is 15.1. The Balaban J connectivity index is 1.94. The molecular formula is C20H17N3. The smallest absolute Gasteiger partial charge is 0.235 e. The normalized spacial score (nSPS) is 11.0. The summed E-state index contributed by atoms with van der Waals surface area (Å²) in [7, 11) is 0. The average molecular weight is 299 g/mol. The summed E-state index contributed by atoms with van der Waals surface area (Å²) in [5.74, 6) is 0.736. The third-order valence-corrected chi connectivity index (χ3v) is 3.99. The lowest BCUT2D eigenvalue weighted by atomic mass is 10.1. The molecule has 2 heterocycles. The highest BCUT2D eigenvalue weighted by Gasteiger charge is 2.10. The first-order valence-corrected chi connectivity index (χ1v) is 7.70. The van der Waals surface area contributed by atoms with E-state index in [4.69, 9.17) is 4.98 Å². The molecule has 0 unspecified atom stereocenters. The van der Waals surface area contributed by atoms with Crippen LogP contribution >= 0.6 is 0 Å². The molecule has 3 heteroatoms. The summed E-state index contributed by atoms with van der Waals surface area (Å²) in [6.07, 6.45) is 2.06. The molecule has 0 saturated carbocycles. The summed E-state index contributed by atoms with van der Waals surface area (Å²) in [5.41, 5.74) is 6.55. The fourth-order valence-electron chi connectivity index (χ4n) is 2.78. The molecule has 0 atom stereocenters. The van der Waals surface area contributed by atoms with Gasteiger partial charge < -0.3 is 0 Å². The molecule has 0 spiro atoms. The van der Waals surface area contributed by atoms with Gasteiger partial charge in [0.25, 0.3) is 0 Å². The molecule has 0 N–H and O–H groups in total. The van der Waals surface area contributed by atoms with Gasteiger partial charge in [0.05, 0.1) is 11.4 Å². The molecule has 0 aliphatic heterocycles. The quantitative estimate of drug-likeness (QED) is 0.538. The molecule has 0 fully saturated rings. The number of nitrogens with zero attached hydrogens (tertiary/aromatic N) is 3. The summed E-state index contributed by atoms with van der Waals surface area (Å²) in [4.78, 5) is 9.28. The van der Waals surface area contributed by atoms with E-state index in [1.165, 1.54) is 11.1 Å². The van der Waals surface area contributed by atoms with E-state index in [1.807, 2.05) is 25.1 Å². The van der Waals surface area contributed by atoms with Gasteiger partial charge in [0.15, 0.2) is 0 Å². The summed E-state index contributed by atoms with van der Waals surface area (Å²) in [6, 6.07) is 20.9. The van der Waals surface area contributed by atoms with Crippen molar-refractivity contribution in [1.29, 1.82) is 0 Å². The standard InChI is InChI=1S/C20H17N3/c1-14-8-10-17(11-9-14)19-12-15(2)21-20-22-18(13-23(19)20)16-6-4-3-5-7-16/h3-13H,1-2H3. The Morgan fingerprint density at radius 3 is 2.26 bits per heavy atom. The second-order valence-electron chi connectivity index (χ2n) is 5.81. The maximum atomic E-state index is 4.70. The largest absolute Gasteiger partial charge is 0.283 e. The van der Waals surface area contributed by atoms with Crippen LogP contribution < -0.4 is 0 Å². The number of benzene rings is 2. The van der Waals surface area contributed by atoms with Gasteiger partial charge in [-0.25, -0.2) is 9.97 Å². The highest BCUT2D eigenvalue weighted by molar-refractivity contribution is 5.67. The number of hydrogen-bond donors (Lipinski definition) is 0. The highest BCUT2D eigenvalue weighted by Crippen LogP contribution is 2.25. The molecule has 0 aliphatic carbocycles. The number of fused-ring (bicyclic) bond motifs is 1. The van der Waals surface area contributed by atoms with Crippen LogP contribution in [0.4, 0.5) is 0 Å². The molecule has 4 aromatic rings. The zero-order chi connectivity index (χ0) is 15.8. The van der Waals surface area contributed by atoms with Crippen LogP contribution in [0.15, 0.2) is 66.9 Å². The maximum absolute atomic E-state index is 4.70. The number of rotatable bonds is 2. The monoisotopic (exact) mass is 299 g/mol. The first-order chi connectivity index (χ1) is 11.2. The van der Waals surface area contributed by atoms with Crippen LogP contribution in [-0.2, 0) is 0 Å². The van der Waals surface area contributed by atoms with E-state index in [0.717, 1.165) is 28.4 Å². The molecule has 2 aromatic heterocycles. The third kappa shape index (κ3) is 2.50. The Morgan fingerprint density at radius 2 is 1.52 bits per heavy atom. The molecule has 0 aliphatic rings. The van der Waals surface area contributed by atoms with Crippen molar-refractivity contribution in [3.8, 4) is 22.5 Å². The molecule has 23 heavy (non-hydrogen) atoms. The molecule has 4 rings (SSSR count). The van der Waals surface area contributed by atoms with Crippen LogP contribution in [0.3, 0.4) is 0 Å². The van der Waals surface area contributed by atoms with Gasteiger partial charge in [-0.05, 0) is 25.5 Å². The van der Waals surface area contributed by atoms with Gasteiger partial charge in [-0.1, -0.05) is 60.2 Å². The molecule has 0 amide bonds. The predicted molar refractivity (Wildman–Crippen MR) is 93.3 cm³/mol. The fourth-order valence-corrected chi connectivity index (χ4v) is 2.78. The topological polar surface area (TPSA) is 30.2 Å². The van der Waals surface area contributed by atoms with Crippen LogP contribution in [0.25, 0.3) is 28.3 Å². The van der Waals surface area contributed by atoms with Crippen molar-refractivity contribution < 1.29 is 0 Å². The molecule has 112 valence electrons. The van der Waals surface area contributed by atoms with Crippen molar-refractivity contribution in [2.45, 2.75) is 13.8 Å². The minimum absolute atomic E-state index is 0.736. The van der Waals surface area contributed by atoms with Crippen LogP contribution in [0.2, 0.25) is 0 Å². The number of hydrogen-bond acceptors (Lipinski definition) is 2. The van der Waals surface area contributed by atoms with Crippen molar-refractivity contribution in [3.63, 3.8) is 0 Å². The molecule has 3 nitrogen and oxygen atoms in total. The van der Waals surface area contributed by atoms with E-state index in [0.29, 0.717) is 0 Å². The lowest BCUT2D eigenvalue weighted by molar-refractivity contribution is 1.08. The second kappa shape index (κ2) is 5.36. The van der Waals surface area contributed by atoms with Crippen molar-refractivity contribution in [2.24, 2.45) is 0 Å². The number of imidazole rings is 1. The van der Waals surface area contributed by atoms with Gasteiger partial charge in [-0.2, -0.15) is 0 Å². The van der Waals surface area contributed by atoms with Gasteiger partial charge in [0, 0.05) is 17.5 Å². The Hall–Kier alpha value is -2.94. The Morgan fingerprint density at radius 1 is 0.783 bits per heavy atom. The van der Waals surface area contributed by atoms with Gasteiger partial charge in [0.1, 0.15) is 0 Å². The van der Waals surface area contributed by atoms with E-state index in [-0.39, 0.29) is 0 Å². The van der Waals surface area contributed by atoms with Gasteiger partial charge in [-0.15, -0.1) is 0 Å². The molecule has 0 radical (unpaired) electrons. The van der Waals surface area contributed by atoms with E-state index >= 15 is 0 Å². The van der Waals surface area contributed by atoms with Crippen molar-refractivity contribution in [1.82, 2.24) is 14.4 Å². The lowest BCUT2D eigenvalue weighted by Gasteiger charge is -2.07. The number of aryl methyl sites for hydroxylation is 2. The minimum atomic E-state index is 0.736. The van der Waals surface area contributed by atoms with Crippen LogP contribution in [0.1, 0.15) is 11.3 Å². The summed E-state index contributed by atoms with van der Waals surface area (Å²) >= 11 is 0. The number of aromatic nitrogens is 3. The first kappa shape index (κ1) is 13.7. The van der Waals surface area contributed by atoms with Crippen molar-refractivity contribution in [3.05, 3.63) is 78.1 Å². The Bertz CT molecular complexity index is 967. The average Bonchev–Trinajstić information content (AvgIpc) is 2.99. The van der Waals surface area contributed by atoms with E-state index < -0.39 is 0 Å². The van der Waals surface area contributed by atoms with E-state index in [9.17, 15) is 0 Å². The van der Waals surface area contributed by atoms with Crippen molar-refractivity contribution in [2.75, 3.05) is 0 Å². The van der Waals surface area contributed by atoms with Gasteiger partial charge >= 0.3 is 0 Å². The summed E-state index contributed by atoms with van der Waals surface area (Å²) in [6.45, 7) is 4.11. The van der Waals surface area contributed by atoms with Crippen molar-refractivity contribution >= 4 is 5.78 Å². The second-order valence-corrected chi connectivity index (χ2v) is 5.81. The van der Waals surface area contributed by atoms with Crippen LogP contribution in [0, 0.1) is 13.8 Å². The summed E-state index contributed by atoms with van der Waals surface area (Å²) < 4.78 is 2.07. The molecule has 0 saturated heterocycles. The lowest BCUT2D eigenvalue weighted by Crippen LogP contribution is -1.96. The SMILES string of the molecule is Cc1ccc(-c2cc(C)nc3nc(-c4ccccc4)cn23)cc1. The zero-order valence-corrected chi connectivity index (χ0v) is 13.2. The maximum Gasteiger partial charge on any atom is 0.235 e. The molecular weight excluding hydrogens is 282 g/mol. The zero-order valence-electron chi connectivity index (χ0n) is 13.2. The van der Waals surface area contributed by atoms with E-state index in [1.54, 1.807) is 0 Å². The van der Waals surface area contributed by atoms with Crippen LogP contribution in [0.5, 0.6) is 0 Å². The van der Waals surface area contributed by atoms with Gasteiger partial charge in [-0.3, -0.25) is 4.40 Å². The van der Waals surface area contributed by atoms with Gasteiger partial charge in [0.2, 0.25) is 5.78 Å². The fraction of sp³-hybridized carbons (Fsp3) is 0.100. The Labute approximate surface area is 135 Å². The summed E-state index contributed by atoms with van der Waals surface area (Å²) in [5, 5.41) is 0. The minimum Gasteiger partial charge on any atom is -0.283 e. The molecule has 2 aromatic carbocycles. The third-order valence-electron chi connectivity index (χ3n) is 3.99.